The zero-order valence-electron chi connectivity index (χ0n) is 5.95. The number of ketones is 1. The lowest BCUT2D eigenvalue weighted by Gasteiger charge is -1.97. The van der Waals surface area contributed by atoms with Crippen LogP contribution in [0, 0.1) is 0 Å². The molecule has 12 heavy (non-hydrogen) atoms. The Morgan fingerprint density at radius 1 is 1.67 bits per heavy atom. The molecule has 2 N–H and O–H groups in total. The number of carbonyl (C=O) groups is 2. The number of hydrogen-bond acceptors (Lipinski definition) is 4. The molecule has 0 aliphatic carbocycles. The molecule has 0 aliphatic rings. The maximum Gasteiger partial charge on any atom is 0.226 e. The van der Waals surface area contributed by atoms with Crippen LogP contribution in [0.5, 0.6) is 0 Å². The van der Waals surface area contributed by atoms with E-state index in [2.05, 4.69) is 4.98 Å². The number of nitrogens with zero attached hydrogens (tertiary/aromatic N) is 1. The van der Waals surface area contributed by atoms with Crippen LogP contribution in [-0.2, 0) is 4.79 Å². The fraction of sp³-hybridized carbons (Fsp3) is 0. The van der Waals surface area contributed by atoms with Crippen LogP contribution >= 0.6 is 11.6 Å². The summed E-state index contributed by atoms with van der Waals surface area (Å²) in [6.07, 6.45) is 1.40. The average Bonchev–Trinajstić information content (AvgIpc) is 2.08. The van der Waals surface area contributed by atoms with E-state index in [1.165, 1.54) is 12.3 Å². The minimum Gasteiger partial charge on any atom is -0.382 e. The SMILES string of the molecule is Nc1ncc(C(=O)C=O)cc1Cl. The lowest BCUT2D eigenvalue weighted by Crippen LogP contribution is -2.02. The molecule has 62 valence electrons. The Labute approximate surface area is 73.3 Å². The highest BCUT2D eigenvalue weighted by atomic mass is 35.5. The number of carbonyl (C=O) groups excluding carboxylic acids is 2. The van der Waals surface area contributed by atoms with Gasteiger partial charge in [-0.05, 0) is 6.07 Å². The highest BCUT2D eigenvalue weighted by Gasteiger charge is 2.06. The first kappa shape index (κ1) is 8.67. The van der Waals surface area contributed by atoms with Crippen LogP contribution in [0.25, 0.3) is 0 Å². The number of hydrogen-bond donors (Lipinski definition) is 1. The van der Waals surface area contributed by atoms with Crippen molar-refractivity contribution in [2.75, 3.05) is 5.73 Å². The number of halogens is 1. The Morgan fingerprint density at radius 2 is 2.33 bits per heavy atom. The van der Waals surface area contributed by atoms with Gasteiger partial charge in [0.15, 0.2) is 6.29 Å². The Hall–Kier alpha value is -1.42. The zero-order valence-corrected chi connectivity index (χ0v) is 6.71. The van der Waals surface area contributed by atoms with Crippen molar-refractivity contribution in [3.63, 3.8) is 0 Å². The summed E-state index contributed by atoms with van der Waals surface area (Å²) in [6.45, 7) is 0. The quantitative estimate of drug-likeness (QED) is 0.417. The third-order valence-corrected chi connectivity index (χ3v) is 1.56. The lowest BCUT2D eigenvalue weighted by molar-refractivity contribution is -0.104. The number of aromatic nitrogens is 1. The number of anilines is 1. The van der Waals surface area contributed by atoms with E-state index in [0.29, 0.717) is 0 Å². The average molecular weight is 185 g/mol. The minimum absolute atomic E-state index is 0.138. The van der Waals surface area contributed by atoms with E-state index in [9.17, 15) is 9.59 Å². The summed E-state index contributed by atoms with van der Waals surface area (Å²) in [4.78, 5) is 24.4. The molecule has 0 fully saturated rings. The van der Waals surface area contributed by atoms with Gasteiger partial charge in [0.1, 0.15) is 5.82 Å². The molecule has 0 bridgehead atoms. The van der Waals surface area contributed by atoms with Gasteiger partial charge in [-0.1, -0.05) is 11.6 Å². The smallest absolute Gasteiger partial charge is 0.226 e. The monoisotopic (exact) mass is 184 g/mol. The van der Waals surface area contributed by atoms with Crippen molar-refractivity contribution in [1.82, 2.24) is 4.98 Å². The fourth-order valence-corrected chi connectivity index (χ4v) is 0.818. The Kier molecular flexibility index (Phi) is 2.40. The van der Waals surface area contributed by atoms with Gasteiger partial charge in [0.25, 0.3) is 0 Å². The van der Waals surface area contributed by atoms with Gasteiger partial charge in [-0.2, -0.15) is 0 Å². The molecule has 0 spiro atoms. The molecule has 1 rings (SSSR count). The van der Waals surface area contributed by atoms with Gasteiger partial charge < -0.3 is 5.73 Å². The number of pyridine rings is 1. The molecular formula is C7H5ClN2O2. The molecule has 1 heterocycles. The largest absolute Gasteiger partial charge is 0.382 e. The second kappa shape index (κ2) is 3.32. The van der Waals surface area contributed by atoms with Gasteiger partial charge in [-0.15, -0.1) is 0 Å². The highest BCUT2D eigenvalue weighted by molar-refractivity contribution is 6.36. The summed E-state index contributed by atoms with van der Waals surface area (Å²) in [5, 5.41) is 0.169. The summed E-state index contributed by atoms with van der Waals surface area (Å²) in [6, 6.07) is 1.31. The van der Waals surface area contributed by atoms with Crippen molar-refractivity contribution in [1.29, 1.82) is 0 Å². The van der Waals surface area contributed by atoms with Gasteiger partial charge in [0, 0.05) is 11.8 Å². The standard InChI is InChI=1S/C7H5ClN2O2/c8-5-1-4(6(12)3-11)2-10-7(5)9/h1-3H,(H2,9,10). The number of nitrogens with two attached hydrogens (primary N) is 1. The second-order valence-corrected chi connectivity index (χ2v) is 2.48. The Balaban J connectivity index is 3.13. The van der Waals surface area contributed by atoms with E-state index in [0.717, 1.165) is 0 Å². The summed E-state index contributed by atoms with van der Waals surface area (Å²) >= 11 is 5.56. The molecular weight excluding hydrogens is 180 g/mol. The van der Waals surface area contributed by atoms with Crippen molar-refractivity contribution in [2.24, 2.45) is 0 Å². The van der Waals surface area contributed by atoms with Crippen molar-refractivity contribution in [3.8, 4) is 0 Å². The summed E-state index contributed by atoms with van der Waals surface area (Å²) < 4.78 is 0. The zero-order chi connectivity index (χ0) is 9.14. The first-order valence-electron chi connectivity index (χ1n) is 3.05. The van der Waals surface area contributed by atoms with Crippen LogP contribution in [0.4, 0.5) is 5.82 Å². The molecule has 0 saturated heterocycles. The van der Waals surface area contributed by atoms with Crippen LogP contribution in [0.15, 0.2) is 12.3 Å². The number of nitrogen functional groups attached to an aromatic ring is 1. The van der Waals surface area contributed by atoms with E-state index in [4.69, 9.17) is 17.3 Å². The molecule has 0 atom stereocenters. The maximum absolute atomic E-state index is 10.8. The molecule has 1 aromatic heterocycles. The molecule has 0 unspecified atom stereocenters. The molecule has 1 aromatic rings. The highest BCUT2D eigenvalue weighted by Crippen LogP contribution is 2.16. The van der Waals surface area contributed by atoms with E-state index in [1.807, 2.05) is 0 Å². The van der Waals surface area contributed by atoms with Crippen LogP contribution in [0.1, 0.15) is 10.4 Å². The predicted octanol–water partition coefficient (Wildman–Crippen LogP) is 0.699. The van der Waals surface area contributed by atoms with E-state index in [-0.39, 0.29) is 22.7 Å². The molecule has 4 nitrogen and oxygen atoms in total. The van der Waals surface area contributed by atoms with Crippen molar-refractivity contribution < 1.29 is 9.59 Å². The molecule has 0 radical (unpaired) electrons. The molecule has 0 aliphatic heterocycles. The van der Waals surface area contributed by atoms with E-state index in [1.54, 1.807) is 0 Å². The second-order valence-electron chi connectivity index (χ2n) is 2.07. The lowest BCUT2D eigenvalue weighted by atomic mass is 10.2. The van der Waals surface area contributed by atoms with Crippen molar-refractivity contribution >= 4 is 29.5 Å². The molecule has 5 heteroatoms. The van der Waals surface area contributed by atoms with Gasteiger partial charge in [0.2, 0.25) is 5.78 Å². The third kappa shape index (κ3) is 1.60. The van der Waals surface area contributed by atoms with Gasteiger partial charge in [-0.25, -0.2) is 4.98 Å². The first-order chi connectivity index (χ1) is 5.65. The predicted molar refractivity (Wildman–Crippen MR) is 44.1 cm³/mol. The first-order valence-corrected chi connectivity index (χ1v) is 3.43. The molecule has 0 saturated carbocycles. The van der Waals surface area contributed by atoms with Crippen LogP contribution in [0.2, 0.25) is 5.02 Å². The number of Topliss-reactive ketones (excluding diaryl/α,β-unsaturated/α-hetero) is 1. The topological polar surface area (TPSA) is 73.0 Å². The Bertz CT molecular complexity index is 338. The van der Waals surface area contributed by atoms with E-state index >= 15 is 0 Å². The van der Waals surface area contributed by atoms with Crippen molar-refractivity contribution in [2.45, 2.75) is 0 Å². The summed E-state index contributed by atoms with van der Waals surface area (Å²) in [5.41, 5.74) is 5.43. The van der Waals surface area contributed by atoms with Crippen LogP contribution in [-0.4, -0.2) is 17.1 Å². The summed E-state index contributed by atoms with van der Waals surface area (Å²) in [5.74, 6) is -0.525. The number of rotatable bonds is 2. The summed E-state index contributed by atoms with van der Waals surface area (Å²) in [7, 11) is 0. The minimum atomic E-state index is -0.663. The van der Waals surface area contributed by atoms with Crippen molar-refractivity contribution in [3.05, 3.63) is 22.8 Å². The van der Waals surface area contributed by atoms with Gasteiger partial charge in [-0.3, -0.25) is 9.59 Å². The maximum atomic E-state index is 10.8. The fourth-order valence-electron chi connectivity index (χ4n) is 0.651. The van der Waals surface area contributed by atoms with Crippen LogP contribution < -0.4 is 5.73 Å². The van der Waals surface area contributed by atoms with Gasteiger partial charge >= 0.3 is 0 Å². The van der Waals surface area contributed by atoms with Crippen LogP contribution in [0.3, 0.4) is 0 Å². The Morgan fingerprint density at radius 3 is 2.83 bits per heavy atom. The molecule has 0 amide bonds. The van der Waals surface area contributed by atoms with Gasteiger partial charge in [0.05, 0.1) is 5.02 Å². The molecule has 0 aromatic carbocycles. The third-order valence-electron chi connectivity index (χ3n) is 1.26. The number of aldehydes is 1. The normalized spacial score (nSPS) is 9.42. The van der Waals surface area contributed by atoms with E-state index < -0.39 is 5.78 Å².